The number of ether oxygens (including phenoxy) is 1. The van der Waals surface area contributed by atoms with Crippen LogP contribution in [-0.4, -0.2) is 24.1 Å². The van der Waals surface area contributed by atoms with Crippen LogP contribution in [0.15, 0.2) is 78.9 Å². The summed E-state index contributed by atoms with van der Waals surface area (Å²) in [4.78, 5) is 27.3. The quantitative estimate of drug-likeness (QED) is 0.742. The van der Waals surface area contributed by atoms with E-state index in [0.29, 0.717) is 22.6 Å². The van der Waals surface area contributed by atoms with Crippen molar-refractivity contribution in [3.63, 3.8) is 0 Å². The Labute approximate surface area is 162 Å². The molecule has 0 radical (unpaired) electrons. The number of carbonyl (C=O) groups is 2. The van der Waals surface area contributed by atoms with E-state index in [0.717, 1.165) is 5.56 Å². The first-order chi connectivity index (χ1) is 13.6. The molecule has 0 aliphatic carbocycles. The van der Waals surface area contributed by atoms with Crippen molar-refractivity contribution in [1.82, 2.24) is 0 Å². The minimum Gasteiger partial charge on any atom is -0.497 e. The fourth-order valence-electron chi connectivity index (χ4n) is 3.82. The topological polar surface area (TPSA) is 66.8 Å². The standard InChI is InChI=1S/C23H19NO4/c1-28-17-13-11-16(12-14-17)24-21(15-7-3-2-4-8-15)20(23(26)27)18-9-5-6-10-19(18)22(24)25/h2-14,20-21H,1H3,(H,26,27)/t20-,21-/m0/s1. The van der Waals surface area contributed by atoms with Crippen LogP contribution in [0.4, 0.5) is 5.69 Å². The molecule has 0 aromatic heterocycles. The third kappa shape index (κ3) is 2.91. The summed E-state index contributed by atoms with van der Waals surface area (Å²) in [6, 6.07) is 22.7. The highest BCUT2D eigenvalue weighted by atomic mass is 16.5. The number of carboxylic acids is 1. The third-order valence-electron chi connectivity index (χ3n) is 5.10. The van der Waals surface area contributed by atoms with Crippen LogP contribution in [-0.2, 0) is 4.79 Å². The van der Waals surface area contributed by atoms with Crippen molar-refractivity contribution >= 4 is 17.6 Å². The fourth-order valence-corrected chi connectivity index (χ4v) is 3.82. The van der Waals surface area contributed by atoms with Crippen LogP contribution in [0, 0.1) is 0 Å². The van der Waals surface area contributed by atoms with Gasteiger partial charge in [-0.3, -0.25) is 14.5 Å². The van der Waals surface area contributed by atoms with E-state index in [9.17, 15) is 14.7 Å². The maximum atomic E-state index is 13.4. The predicted molar refractivity (Wildman–Crippen MR) is 106 cm³/mol. The molecule has 1 amide bonds. The molecule has 1 aliphatic rings. The van der Waals surface area contributed by atoms with E-state index in [1.165, 1.54) is 0 Å². The van der Waals surface area contributed by atoms with E-state index in [1.54, 1.807) is 60.5 Å². The summed E-state index contributed by atoms with van der Waals surface area (Å²) >= 11 is 0. The van der Waals surface area contributed by atoms with Crippen molar-refractivity contribution in [3.8, 4) is 5.75 Å². The molecular formula is C23H19NO4. The highest BCUT2D eigenvalue weighted by molar-refractivity contribution is 6.11. The maximum Gasteiger partial charge on any atom is 0.313 e. The second-order valence-electron chi connectivity index (χ2n) is 6.63. The minimum absolute atomic E-state index is 0.216. The van der Waals surface area contributed by atoms with Crippen LogP contribution in [0.3, 0.4) is 0 Å². The van der Waals surface area contributed by atoms with Gasteiger partial charge in [0.15, 0.2) is 0 Å². The Bertz CT molecular complexity index is 1010. The summed E-state index contributed by atoms with van der Waals surface area (Å²) in [6.45, 7) is 0. The van der Waals surface area contributed by atoms with Crippen molar-refractivity contribution in [1.29, 1.82) is 0 Å². The van der Waals surface area contributed by atoms with Gasteiger partial charge in [-0.2, -0.15) is 0 Å². The van der Waals surface area contributed by atoms with Crippen LogP contribution in [0.25, 0.3) is 0 Å². The number of anilines is 1. The van der Waals surface area contributed by atoms with Gasteiger partial charge in [-0.25, -0.2) is 0 Å². The molecule has 0 fully saturated rings. The molecular weight excluding hydrogens is 354 g/mol. The third-order valence-corrected chi connectivity index (χ3v) is 5.10. The Kier molecular flexibility index (Phi) is 4.57. The van der Waals surface area contributed by atoms with Crippen LogP contribution in [0.2, 0.25) is 0 Å². The molecule has 28 heavy (non-hydrogen) atoms. The van der Waals surface area contributed by atoms with Crippen molar-refractivity contribution in [2.75, 3.05) is 12.0 Å². The van der Waals surface area contributed by atoms with Gasteiger partial charge in [-0.15, -0.1) is 0 Å². The summed E-state index contributed by atoms with van der Waals surface area (Å²) in [7, 11) is 1.57. The van der Waals surface area contributed by atoms with E-state index in [-0.39, 0.29) is 5.91 Å². The van der Waals surface area contributed by atoms with E-state index < -0.39 is 17.9 Å². The van der Waals surface area contributed by atoms with Gasteiger partial charge in [-0.1, -0.05) is 48.5 Å². The zero-order valence-electron chi connectivity index (χ0n) is 15.3. The first kappa shape index (κ1) is 17.8. The van der Waals surface area contributed by atoms with Crippen molar-refractivity contribution in [3.05, 3.63) is 95.6 Å². The molecule has 5 nitrogen and oxygen atoms in total. The van der Waals surface area contributed by atoms with Crippen molar-refractivity contribution < 1.29 is 19.4 Å². The van der Waals surface area contributed by atoms with Crippen LogP contribution in [0.5, 0.6) is 5.75 Å². The minimum atomic E-state index is -0.965. The number of hydrogen-bond donors (Lipinski definition) is 1. The molecule has 0 unspecified atom stereocenters. The predicted octanol–water partition coefficient (Wildman–Crippen LogP) is 4.27. The lowest BCUT2D eigenvalue weighted by Gasteiger charge is -2.40. The average Bonchev–Trinajstić information content (AvgIpc) is 2.74. The smallest absolute Gasteiger partial charge is 0.313 e. The Morgan fingerprint density at radius 3 is 2.21 bits per heavy atom. The summed E-state index contributed by atoms with van der Waals surface area (Å²) in [5.41, 5.74) is 2.35. The van der Waals surface area contributed by atoms with Gasteiger partial charge in [0.25, 0.3) is 5.91 Å². The zero-order chi connectivity index (χ0) is 19.7. The number of carboxylic acid groups (broad SMARTS) is 1. The van der Waals surface area contributed by atoms with Gasteiger partial charge in [0.2, 0.25) is 0 Å². The number of nitrogens with zero attached hydrogens (tertiary/aromatic N) is 1. The lowest BCUT2D eigenvalue weighted by atomic mass is 9.79. The number of rotatable bonds is 4. The first-order valence-electron chi connectivity index (χ1n) is 8.96. The van der Waals surface area contributed by atoms with E-state index in [1.807, 2.05) is 30.3 Å². The number of fused-ring (bicyclic) bond motifs is 1. The number of amides is 1. The molecule has 4 rings (SSSR count). The molecule has 0 spiro atoms. The van der Waals surface area contributed by atoms with Crippen LogP contribution < -0.4 is 9.64 Å². The molecule has 1 heterocycles. The van der Waals surface area contributed by atoms with Crippen molar-refractivity contribution in [2.45, 2.75) is 12.0 Å². The second kappa shape index (κ2) is 7.19. The molecule has 3 aromatic rings. The molecule has 1 N–H and O–H groups in total. The molecule has 3 aromatic carbocycles. The van der Waals surface area contributed by atoms with Gasteiger partial charge in [0.1, 0.15) is 11.7 Å². The molecule has 2 atom stereocenters. The van der Waals surface area contributed by atoms with Gasteiger partial charge < -0.3 is 9.84 Å². The molecule has 1 aliphatic heterocycles. The largest absolute Gasteiger partial charge is 0.497 e. The highest BCUT2D eigenvalue weighted by Gasteiger charge is 2.44. The van der Waals surface area contributed by atoms with Crippen LogP contribution in [0.1, 0.15) is 33.4 Å². The van der Waals surface area contributed by atoms with Crippen molar-refractivity contribution in [2.24, 2.45) is 0 Å². The Morgan fingerprint density at radius 2 is 1.57 bits per heavy atom. The fraction of sp³-hybridized carbons (Fsp3) is 0.130. The van der Waals surface area contributed by atoms with Gasteiger partial charge in [0.05, 0.1) is 13.2 Å². The number of methoxy groups -OCH3 is 1. The summed E-state index contributed by atoms with van der Waals surface area (Å²) in [6.07, 6.45) is 0. The summed E-state index contributed by atoms with van der Waals surface area (Å²) < 4.78 is 5.21. The van der Waals surface area contributed by atoms with Gasteiger partial charge >= 0.3 is 5.97 Å². The number of carbonyl (C=O) groups excluding carboxylic acids is 1. The lowest BCUT2D eigenvalue weighted by molar-refractivity contribution is -0.139. The molecule has 140 valence electrons. The average molecular weight is 373 g/mol. The summed E-state index contributed by atoms with van der Waals surface area (Å²) in [5.74, 6) is -1.39. The van der Waals surface area contributed by atoms with Gasteiger partial charge in [0, 0.05) is 11.3 Å². The molecule has 0 saturated heterocycles. The highest BCUT2D eigenvalue weighted by Crippen LogP contribution is 2.45. The monoisotopic (exact) mass is 373 g/mol. The molecule has 5 heteroatoms. The van der Waals surface area contributed by atoms with E-state index in [4.69, 9.17) is 4.74 Å². The SMILES string of the molecule is COc1ccc(N2C(=O)c3ccccc3[C@H](C(=O)O)[C@@H]2c2ccccc2)cc1. The Morgan fingerprint density at radius 1 is 0.929 bits per heavy atom. The second-order valence-corrected chi connectivity index (χ2v) is 6.63. The molecule has 0 bridgehead atoms. The summed E-state index contributed by atoms with van der Waals surface area (Å²) in [5, 5.41) is 10.1. The van der Waals surface area contributed by atoms with E-state index in [2.05, 4.69) is 0 Å². The number of benzene rings is 3. The zero-order valence-corrected chi connectivity index (χ0v) is 15.3. The van der Waals surface area contributed by atoms with Crippen LogP contribution >= 0.6 is 0 Å². The maximum absolute atomic E-state index is 13.4. The molecule has 0 saturated carbocycles. The first-order valence-corrected chi connectivity index (χ1v) is 8.96. The normalized spacial score (nSPS) is 18.5. The number of hydrogen-bond acceptors (Lipinski definition) is 3. The Balaban J connectivity index is 1.95. The number of aliphatic carboxylic acids is 1. The lowest BCUT2D eigenvalue weighted by Crippen LogP contribution is -2.45. The van der Waals surface area contributed by atoms with E-state index >= 15 is 0 Å². The van der Waals surface area contributed by atoms with Gasteiger partial charge in [-0.05, 0) is 41.5 Å². The Hall–Kier alpha value is -3.60.